The monoisotopic (exact) mass is 603 g/mol. The maximum atomic E-state index is 14.1. The van der Waals surface area contributed by atoms with Crippen molar-refractivity contribution in [3.05, 3.63) is 95.7 Å². The van der Waals surface area contributed by atoms with Crippen molar-refractivity contribution in [3.8, 4) is 22.3 Å². The van der Waals surface area contributed by atoms with Crippen LogP contribution in [0.4, 0.5) is 10.2 Å². The summed E-state index contributed by atoms with van der Waals surface area (Å²) in [6, 6.07) is 17.6. The van der Waals surface area contributed by atoms with Crippen LogP contribution in [0.1, 0.15) is 65.7 Å². The molecule has 4 rings (SSSR count). The van der Waals surface area contributed by atoms with Crippen molar-refractivity contribution in [1.29, 1.82) is 0 Å². The minimum atomic E-state index is -1.22. The van der Waals surface area contributed by atoms with Gasteiger partial charge in [-0.05, 0) is 68.5 Å². The molecule has 0 unspecified atom stereocenters. The Kier molecular flexibility index (Phi) is 10.2. The van der Waals surface area contributed by atoms with Crippen LogP contribution in [0.25, 0.3) is 22.3 Å². The van der Waals surface area contributed by atoms with Gasteiger partial charge in [0.05, 0.1) is 24.2 Å². The molecule has 44 heavy (non-hydrogen) atoms. The second-order valence-corrected chi connectivity index (χ2v) is 10.8. The number of aromatic carboxylic acids is 1. The molecule has 0 bridgehead atoms. The minimum Gasteiger partial charge on any atom is -0.481 e. The molecular weight excluding hydrogens is 569 g/mol. The predicted molar refractivity (Wildman–Crippen MR) is 162 cm³/mol. The number of carbonyl (C=O) groups excluding carboxylic acids is 1. The second-order valence-electron chi connectivity index (χ2n) is 10.8. The summed E-state index contributed by atoms with van der Waals surface area (Å²) in [5, 5.41) is 41.8. The van der Waals surface area contributed by atoms with E-state index < -0.39 is 42.3 Å². The normalized spacial score (nSPS) is 12.6. The molecule has 230 valence electrons. The van der Waals surface area contributed by atoms with E-state index in [1.54, 1.807) is 12.1 Å². The zero-order chi connectivity index (χ0) is 32.0. The molecule has 2 atom stereocenters. The van der Waals surface area contributed by atoms with Crippen LogP contribution < -0.4 is 5.32 Å². The van der Waals surface area contributed by atoms with Crippen molar-refractivity contribution in [3.63, 3.8) is 0 Å². The van der Waals surface area contributed by atoms with Gasteiger partial charge >= 0.3 is 11.9 Å². The Bertz CT molecular complexity index is 1620. The van der Waals surface area contributed by atoms with Gasteiger partial charge in [0.2, 0.25) is 0 Å². The summed E-state index contributed by atoms with van der Waals surface area (Å²) in [6.45, 7) is 3.80. The highest BCUT2D eigenvalue weighted by Gasteiger charge is 2.30. The summed E-state index contributed by atoms with van der Waals surface area (Å²) in [5.41, 5.74) is 3.50. The van der Waals surface area contributed by atoms with Crippen molar-refractivity contribution < 1.29 is 39.2 Å². The zero-order valence-electron chi connectivity index (χ0n) is 24.3. The first-order chi connectivity index (χ1) is 21.0. The van der Waals surface area contributed by atoms with Crippen LogP contribution in [0.5, 0.6) is 0 Å². The molecule has 0 spiro atoms. The molecule has 0 radical (unpaired) electrons. The molecule has 2 aromatic carbocycles. The molecular formula is C33H34FN3O7. The number of aromatic nitrogens is 2. The molecule has 2 aromatic heterocycles. The van der Waals surface area contributed by atoms with E-state index in [2.05, 4.69) is 10.3 Å². The van der Waals surface area contributed by atoms with Gasteiger partial charge in [-0.1, -0.05) is 42.5 Å². The van der Waals surface area contributed by atoms with Crippen LogP contribution in [-0.2, 0) is 11.2 Å². The van der Waals surface area contributed by atoms with Crippen molar-refractivity contribution >= 4 is 23.7 Å². The number of nitrogens with one attached hydrogen (secondary N) is 1. The number of anilines is 1. The summed E-state index contributed by atoms with van der Waals surface area (Å²) < 4.78 is 15.9. The third-order valence-corrected chi connectivity index (χ3v) is 7.15. The lowest BCUT2D eigenvalue weighted by molar-refractivity contribution is -0.139. The number of amides is 1. The number of benzene rings is 2. The first-order valence-electron chi connectivity index (χ1n) is 14.1. The Morgan fingerprint density at radius 2 is 1.55 bits per heavy atom. The molecule has 0 saturated heterocycles. The number of halogens is 1. The Morgan fingerprint density at radius 1 is 0.886 bits per heavy atom. The summed E-state index contributed by atoms with van der Waals surface area (Å²) in [4.78, 5) is 40.5. The third kappa shape index (κ3) is 7.55. The summed E-state index contributed by atoms with van der Waals surface area (Å²) >= 11 is 0. The predicted octanol–water partition coefficient (Wildman–Crippen LogP) is 5.41. The molecule has 0 saturated carbocycles. The highest BCUT2D eigenvalue weighted by molar-refractivity contribution is 6.11. The Balaban J connectivity index is 1.88. The number of rotatable bonds is 13. The lowest BCUT2D eigenvalue weighted by atomic mass is 9.92. The summed E-state index contributed by atoms with van der Waals surface area (Å²) in [7, 11) is 0. The van der Waals surface area contributed by atoms with E-state index in [-0.39, 0.29) is 42.4 Å². The number of aliphatic hydroxyl groups is 2. The van der Waals surface area contributed by atoms with E-state index in [9.17, 15) is 34.1 Å². The number of carboxylic acid groups (broad SMARTS) is 2. The van der Waals surface area contributed by atoms with Crippen molar-refractivity contribution in [2.75, 3.05) is 5.32 Å². The molecule has 4 aromatic rings. The van der Waals surface area contributed by atoms with Gasteiger partial charge < -0.3 is 30.3 Å². The van der Waals surface area contributed by atoms with Gasteiger partial charge in [-0.25, -0.2) is 14.2 Å². The average Bonchev–Trinajstić information content (AvgIpc) is 3.32. The van der Waals surface area contributed by atoms with Gasteiger partial charge in [0.1, 0.15) is 17.3 Å². The Morgan fingerprint density at radius 3 is 2.11 bits per heavy atom. The fourth-order valence-electron chi connectivity index (χ4n) is 5.28. The number of hydrogen-bond donors (Lipinski definition) is 5. The van der Waals surface area contributed by atoms with E-state index in [0.717, 1.165) is 6.20 Å². The van der Waals surface area contributed by atoms with Gasteiger partial charge in [0.25, 0.3) is 5.91 Å². The van der Waals surface area contributed by atoms with Gasteiger partial charge in [-0.15, -0.1) is 0 Å². The molecule has 5 N–H and O–H groups in total. The smallest absolute Gasteiger partial charge is 0.337 e. The molecule has 0 aliphatic rings. The number of pyridine rings is 1. The molecule has 0 fully saturated rings. The standard InChI is InChI=1S/C33H34FN3O7/c1-19(2)37-26(14-13-24(38)16-25(39)17-28(40)41)29(21-8-11-23(34)12-9-21)30(20-6-4-3-5-7-20)31(37)32(42)36-27-15-10-22(18-35-27)33(43)44/h3-12,15,18-19,24-25,38-39H,13-14,16-17H2,1-2H3,(H,40,41)(H,43,44)(H,35,36,42)/t24-,25-/m1/s1. The van der Waals surface area contributed by atoms with Gasteiger partial charge in [0, 0.05) is 29.1 Å². The number of carboxylic acids is 2. The molecule has 11 heteroatoms. The Hall–Kier alpha value is -4.87. The maximum absolute atomic E-state index is 14.1. The molecule has 10 nitrogen and oxygen atoms in total. The highest BCUT2D eigenvalue weighted by Crippen LogP contribution is 2.42. The van der Waals surface area contributed by atoms with Crippen molar-refractivity contribution in [1.82, 2.24) is 9.55 Å². The topological polar surface area (TPSA) is 162 Å². The number of aliphatic hydroxyl groups excluding tert-OH is 2. The SMILES string of the molecule is CC(C)n1c(CC[C@@H](O)C[C@@H](O)CC(=O)O)c(-c2ccc(F)cc2)c(-c2ccccc2)c1C(=O)Nc1ccc(C(=O)O)cn1. The molecule has 1 amide bonds. The fraction of sp³-hybridized carbons (Fsp3) is 0.273. The molecule has 0 aliphatic heterocycles. The van der Waals surface area contributed by atoms with Crippen molar-refractivity contribution in [2.24, 2.45) is 0 Å². The van der Waals surface area contributed by atoms with Gasteiger partial charge in [0.15, 0.2) is 0 Å². The van der Waals surface area contributed by atoms with Crippen molar-refractivity contribution in [2.45, 2.75) is 57.8 Å². The molecule has 2 heterocycles. The van der Waals surface area contributed by atoms with E-state index in [1.807, 2.05) is 48.7 Å². The molecule has 0 aliphatic carbocycles. The van der Waals surface area contributed by atoms with Gasteiger partial charge in [-0.3, -0.25) is 9.59 Å². The van der Waals surface area contributed by atoms with E-state index in [0.29, 0.717) is 27.9 Å². The van der Waals surface area contributed by atoms with Crippen LogP contribution in [0.15, 0.2) is 72.9 Å². The third-order valence-electron chi connectivity index (χ3n) is 7.15. The quantitative estimate of drug-likeness (QED) is 0.136. The van der Waals surface area contributed by atoms with Crippen LogP contribution in [0.3, 0.4) is 0 Å². The van der Waals surface area contributed by atoms with E-state index in [1.165, 1.54) is 24.3 Å². The largest absolute Gasteiger partial charge is 0.481 e. The van der Waals surface area contributed by atoms with E-state index in [4.69, 9.17) is 5.11 Å². The second kappa shape index (κ2) is 14.1. The number of hydrogen-bond acceptors (Lipinski definition) is 6. The van der Waals surface area contributed by atoms with Crippen LogP contribution in [-0.4, -0.2) is 60.0 Å². The Labute approximate surface area is 253 Å². The number of carbonyl (C=O) groups is 3. The maximum Gasteiger partial charge on any atom is 0.337 e. The highest BCUT2D eigenvalue weighted by atomic mass is 19.1. The lowest BCUT2D eigenvalue weighted by Crippen LogP contribution is -2.23. The van der Waals surface area contributed by atoms with Gasteiger partial charge in [-0.2, -0.15) is 0 Å². The van der Waals surface area contributed by atoms with E-state index >= 15 is 0 Å². The first-order valence-corrected chi connectivity index (χ1v) is 14.1. The summed E-state index contributed by atoms with van der Waals surface area (Å²) in [6.07, 6.45) is -1.36. The van der Waals surface area contributed by atoms with Crippen LogP contribution in [0.2, 0.25) is 0 Å². The fourth-order valence-corrected chi connectivity index (χ4v) is 5.28. The zero-order valence-corrected chi connectivity index (χ0v) is 24.3. The summed E-state index contributed by atoms with van der Waals surface area (Å²) in [5.74, 6) is -3.13. The first kappa shape index (κ1) is 32.1. The number of aliphatic carboxylic acids is 1. The lowest BCUT2D eigenvalue weighted by Gasteiger charge is -2.20. The van der Waals surface area contributed by atoms with Crippen LogP contribution >= 0.6 is 0 Å². The van der Waals surface area contributed by atoms with Crippen LogP contribution in [0, 0.1) is 5.82 Å². The minimum absolute atomic E-state index is 0.0357. The average molecular weight is 604 g/mol. The number of nitrogens with zero attached hydrogens (tertiary/aromatic N) is 2.